The van der Waals surface area contributed by atoms with Crippen molar-refractivity contribution in [3.05, 3.63) is 18.2 Å². The van der Waals surface area contributed by atoms with Crippen molar-refractivity contribution >= 4 is 0 Å². The summed E-state index contributed by atoms with van der Waals surface area (Å²) in [5.41, 5.74) is 1.47. The van der Waals surface area contributed by atoms with Crippen molar-refractivity contribution in [2.45, 2.75) is 50.5 Å². The molecule has 3 nitrogen and oxygen atoms in total. The molecule has 1 atom stereocenters. The minimum Gasteiger partial charge on any atom is -0.331 e. The van der Waals surface area contributed by atoms with Gasteiger partial charge in [-0.25, -0.2) is 4.98 Å². The molecule has 0 amide bonds. The first kappa shape index (κ1) is 10.3. The van der Waals surface area contributed by atoms with Crippen molar-refractivity contribution < 1.29 is 0 Å². The van der Waals surface area contributed by atoms with Crippen molar-refractivity contribution in [2.75, 3.05) is 13.1 Å². The van der Waals surface area contributed by atoms with E-state index in [-0.39, 0.29) is 0 Å². The topological polar surface area (TPSA) is 29.9 Å². The Hall–Kier alpha value is -0.830. The van der Waals surface area contributed by atoms with Crippen LogP contribution in [0.2, 0.25) is 0 Å². The molecule has 2 fully saturated rings. The van der Waals surface area contributed by atoms with Crippen LogP contribution >= 0.6 is 0 Å². The molecule has 1 N–H and O–H groups in total. The van der Waals surface area contributed by atoms with E-state index >= 15 is 0 Å². The van der Waals surface area contributed by atoms with Gasteiger partial charge in [-0.05, 0) is 25.8 Å². The number of hydrogen-bond donors (Lipinski definition) is 1. The van der Waals surface area contributed by atoms with Crippen LogP contribution in [0.1, 0.15) is 56.2 Å². The van der Waals surface area contributed by atoms with Gasteiger partial charge in [-0.15, -0.1) is 0 Å². The molecule has 0 bridgehead atoms. The molecule has 1 saturated heterocycles. The highest BCUT2D eigenvalue weighted by molar-refractivity contribution is 5.10. The van der Waals surface area contributed by atoms with E-state index in [2.05, 4.69) is 27.4 Å². The van der Waals surface area contributed by atoms with E-state index in [0.717, 1.165) is 12.6 Å². The molecule has 1 aromatic rings. The summed E-state index contributed by atoms with van der Waals surface area (Å²) in [5.74, 6) is 0.699. The molecule has 0 aromatic carbocycles. The first-order valence-corrected chi connectivity index (χ1v) is 6.67. The second-order valence-corrected chi connectivity index (χ2v) is 5.21. The van der Waals surface area contributed by atoms with Crippen molar-refractivity contribution in [3.8, 4) is 0 Å². The van der Waals surface area contributed by atoms with E-state index in [9.17, 15) is 0 Å². The highest BCUT2D eigenvalue weighted by Crippen LogP contribution is 2.32. The third-order valence-electron chi connectivity index (χ3n) is 4.14. The predicted molar refractivity (Wildman–Crippen MR) is 64.6 cm³/mol. The molecule has 3 heteroatoms. The van der Waals surface area contributed by atoms with Gasteiger partial charge in [-0.1, -0.05) is 19.3 Å². The highest BCUT2D eigenvalue weighted by atomic mass is 15.1. The summed E-state index contributed by atoms with van der Waals surface area (Å²) in [5, 5.41) is 3.45. The number of rotatable bonds is 2. The Morgan fingerprint density at radius 2 is 2.06 bits per heavy atom. The van der Waals surface area contributed by atoms with E-state index in [1.807, 2.05) is 0 Å². The molecule has 1 aliphatic heterocycles. The summed E-state index contributed by atoms with van der Waals surface area (Å²) in [4.78, 5) is 4.38. The van der Waals surface area contributed by atoms with Gasteiger partial charge in [-0.3, -0.25) is 0 Å². The van der Waals surface area contributed by atoms with Crippen molar-refractivity contribution in [1.29, 1.82) is 0 Å². The molecular weight excluding hydrogens is 198 g/mol. The van der Waals surface area contributed by atoms with E-state index in [0.29, 0.717) is 5.92 Å². The maximum absolute atomic E-state index is 4.38. The summed E-state index contributed by atoms with van der Waals surface area (Å²) in [6, 6.07) is 0.729. The first-order valence-electron chi connectivity index (χ1n) is 6.67. The van der Waals surface area contributed by atoms with Gasteiger partial charge in [0.05, 0.1) is 6.33 Å². The standard InChI is InChI=1S/C13H21N3/c1-2-4-12(5-3-1)16-10-15-9-13(16)11-6-7-14-8-11/h9-12,14H,1-8H2. The molecule has 1 saturated carbocycles. The SMILES string of the molecule is c1ncn(C2CCCCC2)c1C1CCNC1. The number of imidazole rings is 1. The fourth-order valence-corrected chi connectivity index (χ4v) is 3.20. The summed E-state index contributed by atoms with van der Waals surface area (Å²) >= 11 is 0. The van der Waals surface area contributed by atoms with Crippen LogP contribution in [0.25, 0.3) is 0 Å². The van der Waals surface area contributed by atoms with Crippen LogP contribution in [0.5, 0.6) is 0 Å². The van der Waals surface area contributed by atoms with Gasteiger partial charge in [0.1, 0.15) is 0 Å². The second-order valence-electron chi connectivity index (χ2n) is 5.21. The van der Waals surface area contributed by atoms with Gasteiger partial charge < -0.3 is 9.88 Å². The number of hydrogen-bond acceptors (Lipinski definition) is 2. The number of nitrogens with zero attached hydrogens (tertiary/aromatic N) is 2. The maximum atomic E-state index is 4.38. The molecule has 1 unspecified atom stereocenters. The fourth-order valence-electron chi connectivity index (χ4n) is 3.20. The summed E-state index contributed by atoms with van der Waals surface area (Å²) in [6.07, 6.45) is 12.3. The highest BCUT2D eigenvalue weighted by Gasteiger charge is 2.24. The van der Waals surface area contributed by atoms with Gasteiger partial charge in [0.2, 0.25) is 0 Å². The van der Waals surface area contributed by atoms with Crippen LogP contribution in [0.15, 0.2) is 12.5 Å². The Kier molecular flexibility index (Phi) is 2.96. The Balaban J connectivity index is 1.80. The second kappa shape index (κ2) is 4.58. The van der Waals surface area contributed by atoms with Gasteiger partial charge in [0, 0.05) is 30.4 Å². The van der Waals surface area contributed by atoms with Gasteiger partial charge in [0.15, 0.2) is 0 Å². The Bertz CT molecular complexity index is 333. The summed E-state index contributed by atoms with van der Waals surface area (Å²) in [7, 11) is 0. The predicted octanol–water partition coefficient (Wildman–Crippen LogP) is 2.47. The van der Waals surface area contributed by atoms with Crippen LogP contribution in [0.4, 0.5) is 0 Å². The monoisotopic (exact) mass is 219 g/mol. The largest absolute Gasteiger partial charge is 0.331 e. The van der Waals surface area contributed by atoms with Gasteiger partial charge in [0.25, 0.3) is 0 Å². The van der Waals surface area contributed by atoms with Crippen LogP contribution in [0.3, 0.4) is 0 Å². The Labute approximate surface area is 97.3 Å². The quantitative estimate of drug-likeness (QED) is 0.828. The smallest absolute Gasteiger partial charge is 0.0950 e. The Morgan fingerprint density at radius 3 is 2.81 bits per heavy atom. The van der Waals surface area contributed by atoms with Crippen LogP contribution in [0, 0.1) is 0 Å². The van der Waals surface area contributed by atoms with Crippen LogP contribution < -0.4 is 5.32 Å². The van der Waals surface area contributed by atoms with Crippen molar-refractivity contribution in [3.63, 3.8) is 0 Å². The lowest BCUT2D eigenvalue weighted by Crippen LogP contribution is -2.17. The van der Waals surface area contributed by atoms with Crippen LogP contribution in [-0.4, -0.2) is 22.6 Å². The zero-order valence-electron chi connectivity index (χ0n) is 9.86. The molecular formula is C13H21N3. The van der Waals surface area contributed by atoms with Gasteiger partial charge in [-0.2, -0.15) is 0 Å². The summed E-state index contributed by atoms with van der Waals surface area (Å²) in [6.45, 7) is 2.30. The van der Waals surface area contributed by atoms with E-state index in [1.165, 1.54) is 50.8 Å². The summed E-state index contributed by atoms with van der Waals surface area (Å²) < 4.78 is 2.47. The number of nitrogens with one attached hydrogen (secondary N) is 1. The van der Waals surface area contributed by atoms with E-state index in [1.54, 1.807) is 0 Å². The molecule has 16 heavy (non-hydrogen) atoms. The molecule has 3 rings (SSSR count). The lowest BCUT2D eigenvalue weighted by molar-refractivity contribution is 0.343. The third kappa shape index (κ3) is 1.88. The molecule has 2 aliphatic rings. The van der Waals surface area contributed by atoms with Crippen LogP contribution in [-0.2, 0) is 0 Å². The maximum Gasteiger partial charge on any atom is 0.0950 e. The lowest BCUT2D eigenvalue weighted by atomic mass is 9.94. The molecule has 1 aliphatic carbocycles. The average Bonchev–Trinajstić information content (AvgIpc) is 3.01. The molecule has 0 radical (unpaired) electrons. The average molecular weight is 219 g/mol. The van der Waals surface area contributed by atoms with Gasteiger partial charge >= 0.3 is 0 Å². The number of aromatic nitrogens is 2. The third-order valence-corrected chi connectivity index (χ3v) is 4.14. The zero-order chi connectivity index (χ0) is 10.8. The molecule has 0 spiro atoms. The van der Waals surface area contributed by atoms with Crippen molar-refractivity contribution in [1.82, 2.24) is 14.9 Å². The van der Waals surface area contributed by atoms with Crippen molar-refractivity contribution in [2.24, 2.45) is 0 Å². The minimum absolute atomic E-state index is 0.699. The Morgan fingerprint density at radius 1 is 1.19 bits per heavy atom. The normalized spacial score (nSPS) is 27.4. The molecule has 1 aromatic heterocycles. The molecule has 2 heterocycles. The fraction of sp³-hybridized carbons (Fsp3) is 0.769. The lowest BCUT2D eigenvalue weighted by Gasteiger charge is -2.26. The minimum atomic E-state index is 0.699. The van der Waals surface area contributed by atoms with E-state index in [4.69, 9.17) is 0 Å². The van der Waals surface area contributed by atoms with E-state index < -0.39 is 0 Å². The molecule has 88 valence electrons. The first-order chi connectivity index (χ1) is 7.95. The zero-order valence-corrected chi connectivity index (χ0v) is 9.86.